The van der Waals surface area contributed by atoms with Crippen LogP contribution < -0.4 is 5.32 Å². The zero-order valence-corrected chi connectivity index (χ0v) is 10.6. The SMILES string of the molecule is CC.CC.CCCCC=O.CNC. The maximum Gasteiger partial charge on any atom is 0.119 e. The van der Waals surface area contributed by atoms with Crippen molar-refractivity contribution in [3.8, 4) is 0 Å². The molecule has 0 atom stereocenters. The van der Waals surface area contributed by atoms with Crippen molar-refractivity contribution in [1.82, 2.24) is 5.32 Å². The van der Waals surface area contributed by atoms with Crippen LogP contribution in [0, 0.1) is 0 Å². The highest BCUT2D eigenvalue weighted by Crippen LogP contribution is 1.87. The number of hydrogen-bond acceptors (Lipinski definition) is 2. The molecule has 0 heterocycles. The first-order chi connectivity index (χ1) is 6.33. The molecule has 0 bridgehead atoms. The number of unbranched alkanes of at least 4 members (excludes halogenated alkanes) is 2. The Bertz CT molecular complexity index is 47.4. The van der Waals surface area contributed by atoms with Gasteiger partial charge in [-0.1, -0.05) is 41.0 Å². The average molecular weight is 191 g/mol. The van der Waals surface area contributed by atoms with Crippen LogP contribution in [-0.4, -0.2) is 20.4 Å². The Hall–Kier alpha value is -0.370. The van der Waals surface area contributed by atoms with Crippen molar-refractivity contribution in [2.45, 2.75) is 53.9 Å². The topological polar surface area (TPSA) is 29.1 Å². The van der Waals surface area contributed by atoms with E-state index < -0.39 is 0 Å². The Morgan fingerprint density at radius 2 is 1.38 bits per heavy atom. The first-order valence-electron chi connectivity index (χ1n) is 5.35. The predicted molar refractivity (Wildman–Crippen MR) is 63.3 cm³/mol. The Labute approximate surface area is 85.1 Å². The molecular weight excluding hydrogens is 162 g/mol. The molecule has 0 spiro atoms. The van der Waals surface area contributed by atoms with Gasteiger partial charge in [0.2, 0.25) is 0 Å². The summed E-state index contributed by atoms with van der Waals surface area (Å²) in [6, 6.07) is 0. The van der Waals surface area contributed by atoms with Crippen molar-refractivity contribution in [3.63, 3.8) is 0 Å². The number of aldehydes is 1. The Morgan fingerprint density at radius 3 is 1.46 bits per heavy atom. The molecule has 0 aromatic carbocycles. The molecule has 84 valence electrons. The van der Waals surface area contributed by atoms with Crippen LogP contribution in [0.2, 0.25) is 0 Å². The summed E-state index contributed by atoms with van der Waals surface area (Å²) in [5.41, 5.74) is 0. The number of carbonyl (C=O) groups is 1. The smallest absolute Gasteiger partial charge is 0.119 e. The van der Waals surface area contributed by atoms with Gasteiger partial charge in [0.25, 0.3) is 0 Å². The van der Waals surface area contributed by atoms with E-state index in [1.54, 1.807) is 0 Å². The van der Waals surface area contributed by atoms with Crippen molar-refractivity contribution < 1.29 is 4.79 Å². The lowest BCUT2D eigenvalue weighted by atomic mass is 10.3. The van der Waals surface area contributed by atoms with Crippen molar-refractivity contribution in [2.24, 2.45) is 0 Å². The summed E-state index contributed by atoms with van der Waals surface area (Å²) in [7, 11) is 3.75. The maximum absolute atomic E-state index is 9.56. The summed E-state index contributed by atoms with van der Waals surface area (Å²) in [6.45, 7) is 10.1. The second-order valence-electron chi connectivity index (χ2n) is 1.81. The Kier molecular flexibility index (Phi) is 108. The molecule has 1 N–H and O–H groups in total. The fraction of sp³-hybridized carbons (Fsp3) is 0.909. The van der Waals surface area contributed by atoms with Gasteiger partial charge in [0, 0.05) is 6.42 Å². The summed E-state index contributed by atoms with van der Waals surface area (Å²) < 4.78 is 0. The van der Waals surface area contributed by atoms with Gasteiger partial charge in [0.1, 0.15) is 6.29 Å². The van der Waals surface area contributed by atoms with Crippen molar-refractivity contribution in [3.05, 3.63) is 0 Å². The minimum atomic E-state index is 0.733. The van der Waals surface area contributed by atoms with E-state index in [9.17, 15) is 4.79 Å². The van der Waals surface area contributed by atoms with Gasteiger partial charge in [-0.05, 0) is 20.5 Å². The van der Waals surface area contributed by atoms with Crippen LogP contribution >= 0.6 is 0 Å². The third-order valence-electron chi connectivity index (χ3n) is 0.676. The molecule has 0 aliphatic carbocycles. The van der Waals surface area contributed by atoms with Crippen molar-refractivity contribution in [2.75, 3.05) is 14.1 Å². The lowest BCUT2D eigenvalue weighted by Gasteiger charge is -1.79. The van der Waals surface area contributed by atoms with E-state index in [0.717, 1.165) is 25.5 Å². The minimum absolute atomic E-state index is 0.733. The molecule has 13 heavy (non-hydrogen) atoms. The van der Waals surface area contributed by atoms with Gasteiger partial charge in [-0.2, -0.15) is 0 Å². The van der Waals surface area contributed by atoms with Crippen molar-refractivity contribution >= 4 is 6.29 Å². The molecule has 0 rings (SSSR count). The maximum atomic E-state index is 9.56. The zero-order valence-electron chi connectivity index (χ0n) is 10.6. The molecule has 0 amide bonds. The Balaban J connectivity index is -0.0000000493. The van der Waals surface area contributed by atoms with E-state index in [1.807, 2.05) is 41.8 Å². The fourth-order valence-corrected chi connectivity index (χ4v) is 0.287. The molecule has 0 unspecified atom stereocenters. The first-order valence-corrected chi connectivity index (χ1v) is 5.35. The highest BCUT2D eigenvalue weighted by atomic mass is 16.1. The monoisotopic (exact) mass is 191 g/mol. The lowest BCUT2D eigenvalue weighted by Crippen LogP contribution is -1.89. The zero-order chi connectivity index (χ0) is 11.5. The predicted octanol–water partition coefficient (Wildman–Crippen LogP) is 3.26. The second kappa shape index (κ2) is 61.3. The van der Waals surface area contributed by atoms with Crippen LogP contribution in [0.25, 0.3) is 0 Å². The Morgan fingerprint density at radius 1 is 1.08 bits per heavy atom. The molecule has 0 fully saturated rings. The normalized spacial score (nSPS) is 6.08. The molecule has 2 heteroatoms. The third kappa shape index (κ3) is 156. The van der Waals surface area contributed by atoms with Crippen LogP contribution in [0.4, 0.5) is 0 Å². The third-order valence-corrected chi connectivity index (χ3v) is 0.676. The van der Waals surface area contributed by atoms with E-state index in [2.05, 4.69) is 12.2 Å². The molecular formula is C11H29NO. The number of hydrogen-bond donors (Lipinski definition) is 1. The van der Waals surface area contributed by atoms with Crippen LogP contribution in [-0.2, 0) is 4.79 Å². The number of rotatable bonds is 3. The van der Waals surface area contributed by atoms with Gasteiger partial charge < -0.3 is 10.1 Å². The quantitative estimate of drug-likeness (QED) is 0.548. The van der Waals surface area contributed by atoms with Crippen LogP contribution in [0.3, 0.4) is 0 Å². The highest BCUT2D eigenvalue weighted by Gasteiger charge is 1.74. The number of nitrogens with one attached hydrogen (secondary N) is 1. The van der Waals surface area contributed by atoms with E-state index >= 15 is 0 Å². The summed E-state index contributed by atoms with van der Waals surface area (Å²) >= 11 is 0. The summed E-state index contributed by atoms with van der Waals surface area (Å²) in [6.07, 6.45) is 3.86. The summed E-state index contributed by atoms with van der Waals surface area (Å²) in [4.78, 5) is 9.56. The molecule has 0 aromatic heterocycles. The van der Waals surface area contributed by atoms with Crippen LogP contribution in [0.5, 0.6) is 0 Å². The molecule has 0 aliphatic rings. The van der Waals surface area contributed by atoms with Crippen LogP contribution in [0.1, 0.15) is 53.9 Å². The van der Waals surface area contributed by atoms with E-state index in [4.69, 9.17) is 0 Å². The van der Waals surface area contributed by atoms with Gasteiger partial charge in [-0.15, -0.1) is 0 Å². The van der Waals surface area contributed by atoms with E-state index in [1.165, 1.54) is 0 Å². The van der Waals surface area contributed by atoms with E-state index in [0.29, 0.717) is 0 Å². The fourth-order valence-electron chi connectivity index (χ4n) is 0.287. The average Bonchev–Trinajstić information content (AvgIpc) is 2.22. The van der Waals surface area contributed by atoms with Crippen LogP contribution in [0.15, 0.2) is 0 Å². The molecule has 0 aliphatic heterocycles. The first kappa shape index (κ1) is 22.9. The minimum Gasteiger partial charge on any atom is -0.323 e. The summed E-state index contributed by atoms with van der Waals surface area (Å²) in [5, 5.41) is 2.75. The van der Waals surface area contributed by atoms with Gasteiger partial charge in [-0.25, -0.2) is 0 Å². The van der Waals surface area contributed by atoms with Gasteiger partial charge >= 0.3 is 0 Å². The summed E-state index contributed by atoms with van der Waals surface area (Å²) in [5.74, 6) is 0. The van der Waals surface area contributed by atoms with Gasteiger partial charge in [0.15, 0.2) is 0 Å². The van der Waals surface area contributed by atoms with Gasteiger partial charge in [-0.3, -0.25) is 0 Å². The van der Waals surface area contributed by atoms with E-state index in [-0.39, 0.29) is 0 Å². The second-order valence-corrected chi connectivity index (χ2v) is 1.81. The lowest BCUT2D eigenvalue weighted by molar-refractivity contribution is -0.107. The van der Waals surface area contributed by atoms with Gasteiger partial charge in [0.05, 0.1) is 0 Å². The molecule has 0 saturated heterocycles. The molecule has 0 radical (unpaired) electrons. The highest BCUT2D eigenvalue weighted by molar-refractivity contribution is 5.48. The molecule has 2 nitrogen and oxygen atoms in total. The molecule has 0 saturated carbocycles. The molecule has 0 aromatic rings. The number of carbonyl (C=O) groups excluding carboxylic acids is 1. The van der Waals surface area contributed by atoms with Crippen molar-refractivity contribution in [1.29, 1.82) is 0 Å². The standard InChI is InChI=1S/C5H10O.C2H7N.2C2H6/c1-2-3-4-5-6;1-3-2;2*1-2/h5H,2-4H2,1H3;3H,1-2H3;2*1-2H3. The largest absolute Gasteiger partial charge is 0.323 e.